The van der Waals surface area contributed by atoms with E-state index in [1.807, 2.05) is 24.3 Å². The van der Waals surface area contributed by atoms with Crippen LogP contribution >= 0.6 is 0 Å². The highest BCUT2D eigenvalue weighted by Crippen LogP contribution is 2.26. The molecule has 4 heteroatoms. The lowest BCUT2D eigenvalue weighted by molar-refractivity contribution is 0.277. The highest BCUT2D eigenvalue weighted by atomic mass is 16.3. The number of hydrogen-bond donors (Lipinski definition) is 1. The lowest BCUT2D eigenvalue weighted by Crippen LogP contribution is -2.23. The van der Waals surface area contributed by atoms with Crippen LogP contribution in [0.5, 0.6) is 0 Å². The maximum absolute atomic E-state index is 9.36. The zero-order chi connectivity index (χ0) is 14.5. The van der Waals surface area contributed by atoms with Crippen LogP contribution in [-0.4, -0.2) is 49.2 Å². The number of hydrogen-bond acceptors (Lipinski definition) is 4. The van der Waals surface area contributed by atoms with Crippen molar-refractivity contribution < 1.29 is 5.11 Å². The Kier molecular flexibility index (Phi) is 4.93. The van der Waals surface area contributed by atoms with Gasteiger partial charge in [0, 0.05) is 24.7 Å². The molecular formula is C16H23N3O. The van der Waals surface area contributed by atoms with E-state index in [0.717, 1.165) is 41.8 Å². The van der Waals surface area contributed by atoms with Crippen molar-refractivity contribution in [3.05, 3.63) is 36.0 Å². The van der Waals surface area contributed by atoms with Gasteiger partial charge >= 0.3 is 0 Å². The van der Waals surface area contributed by atoms with Crippen molar-refractivity contribution in [1.29, 1.82) is 0 Å². The fourth-order valence-corrected chi connectivity index (χ4v) is 2.35. The average Bonchev–Trinajstić information content (AvgIpc) is 2.45. The van der Waals surface area contributed by atoms with Crippen LogP contribution < -0.4 is 4.90 Å². The van der Waals surface area contributed by atoms with Gasteiger partial charge in [-0.15, -0.1) is 0 Å². The quantitative estimate of drug-likeness (QED) is 0.875. The molecule has 0 bridgehead atoms. The van der Waals surface area contributed by atoms with E-state index in [1.54, 1.807) is 0 Å². The summed E-state index contributed by atoms with van der Waals surface area (Å²) in [6.07, 6.45) is 1.11. The number of rotatable bonds is 6. The minimum atomic E-state index is -0.0244. The molecule has 20 heavy (non-hydrogen) atoms. The van der Waals surface area contributed by atoms with Crippen molar-refractivity contribution >= 4 is 16.6 Å². The molecule has 108 valence electrons. The zero-order valence-corrected chi connectivity index (χ0v) is 12.5. The summed E-state index contributed by atoms with van der Waals surface area (Å²) >= 11 is 0. The Morgan fingerprint density at radius 2 is 1.85 bits per heavy atom. The van der Waals surface area contributed by atoms with E-state index in [9.17, 15) is 5.11 Å². The molecule has 1 N–H and O–H groups in total. The highest BCUT2D eigenvalue weighted by Gasteiger charge is 2.09. The molecule has 4 nitrogen and oxygen atoms in total. The number of aliphatic hydroxyl groups excluding tert-OH is 1. The minimum absolute atomic E-state index is 0.0244. The van der Waals surface area contributed by atoms with Crippen molar-refractivity contribution in [3.63, 3.8) is 0 Å². The topological polar surface area (TPSA) is 39.6 Å². The lowest BCUT2D eigenvalue weighted by Gasteiger charge is -2.22. The van der Waals surface area contributed by atoms with Gasteiger partial charge in [-0.3, -0.25) is 4.98 Å². The Morgan fingerprint density at radius 1 is 1.10 bits per heavy atom. The van der Waals surface area contributed by atoms with Crippen LogP contribution in [0.1, 0.15) is 12.1 Å². The highest BCUT2D eigenvalue weighted by molar-refractivity contribution is 5.91. The average molecular weight is 273 g/mol. The van der Waals surface area contributed by atoms with E-state index in [0.29, 0.717) is 0 Å². The van der Waals surface area contributed by atoms with Crippen LogP contribution in [0.3, 0.4) is 0 Å². The molecule has 0 aliphatic carbocycles. The van der Waals surface area contributed by atoms with Crippen LogP contribution in [0.15, 0.2) is 30.3 Å². The summed E-state index contributed by atoms with van der Waals surface area (Å²) in [5.74, 6) is 0. The van der Waals surface area contributed by atoms with Gasteiger partial charge in [0.2, 0.25) is 0 Å². The fraction of sp³-hybridized carbons (Fsp3) is 0.438. The van der Waals surface area contributed by atoms with Crippen molar-refractivity contribution in [2.45, 2.75) is 13.0 Å². The Bertz CT molecular complexity index is 569. The molecule has 1 heterocycles. The summed E-state index contributed by atoms with van der Waals surface area (Å²) in [4.78, 5) is 8.90. The van der Waals surface area contributed by atoms with Gasteiger partial charge in [-0.2, -0.15) is 0 Å². The number of aromatic nitrogens is 1. The molecular weight excluding hydrogens is 250 g/mol. The molecule has 0 saturated carbocycles. The van der Waals surface area contributed by atoms with Crippen LogP contribution in [0.4, 0.5) is 5.69 Å². The maximum Gasteiger partial charge on any atom is 0.0854 e. The number of para-hydroxylation sites is 1. The molecule has 0 amide bonds. The van der Waals surface area contributed by atoms with Crippen molar-refractivity contribution in [2.24, 2.45) is 0 Å². The number of benzene rings is 1. The summed E-state index contributed by atoms with van der Waals surface area (Å²) < 4.78 is 0. The van der Waals surface area contributed by atoms with Crippen molar-refractivity contribution in [1.82, 2.24) is 9.88 Å². The first kappa shape index (κ1) is 14.8. The van der Waals surface area contributed by atoms with Gasteiger partial charge in [0.1, 0.15) is 0 Å². The Hall–Kier alpha value is -1.65. The normalized spacial score (nSPS) is 11.2. The molecule has 0 aliphatic heterocycles. The first-order valence-corrected chi connectivity index (χ1v) is 6.97. The molecule has 0 spiro atoms. The lowest BCUT2D eigenvalue weighted by atomic mass is 10.1. The van der Waals surface area contributed by atoms with Crippen molar-refractivity contribution in [2.75, 3.05) is 39.1 Å². The van der Waals surface area contributed by atoms with Gasteiger partial charge in [0.25, 0.3) is 0 Å². The predicted octanol–water partition coefficient (Wildman–Crippen LogP) is 2.11. The second-order valence-corrected chi connectivity index (χ2v) is 5.39. The molecule has 1 aromatic heterocycles. The second kappa shape index (κ2) is 6.68. The van der Waals surface area contributed by atoms with Gasteiger partial charge < -0.3 is 14.9 Å². The summed E-state index contributed by atoms with van der Waals surface area (Å²) in [5.41, 5.74) is 2.80. The largest absolute Gasteiger partial charge is 0.390 e. The monoisotopic (exact) mass is 273 g/mol. The van der Waals surface area contributed by atoms with Gasteiger partial charge in [-0.1, -0.05) is 18.2 Å². The number of fused-ring (bicyclic) bond motifs is 1. The maximum atomic E-state index is 9.36. The molecule has 0 saturated heterocycles. The summed E-state index contributed by atoms with van der Waals surface area (Å²) in [6, 6.07) is 10.1. The number of nitrogens with zero attached hydrogens (tertiary/aromatic N) is 3. The van der Waals surface area contributed by atoms with E-state index in [2.05, 4.69) is 42.0 Å². The Morgan fingerprint density at radius 3 is 2.55 bits per heavy atom. The van der Waals surface area contributed by atoms with Gasteiger partial charge in [0.05, 0.1) is 17.8 Å². The Balaban J connectivity index is 2.27. The predicted molar refractivity (Wildman–Crippen MR) is 84.1 cm³/mol. The second-order valence-electron chi connectivity index (χ2n) is 5.39. The smallest absolute Gasteiger partial charge is 0.0854 e. The molecule has 0 unspecified atom stereocenters. The first-order valence-electron chi connectivity index (χ1n) is 6.97. The molecule has 1 aromatic carbocycles. The van der Waals surface area contributed by atoms with Crippen molar-refractivity contribution in [3.8, 4) is 0 Å². The van der Waals surface area contributed by atoms with Crippen LogP contribution in [0.2, 0.25) is 0 Å². The third-order valence-corrected chi connectivity index (χ3v) is 3.42. The molecule has 2 aromatic rings. The molecule has 2 rings (SSSR count). The SMILES string of the molecule is CN(C)CCCN(C)c1cc(CO)nc2ccccc12. The van der Waals surface area contributed by atoms with E-state index in [1.165, 1.54) is 0 Å². The van der Waals surface area contributed by atoms with Gasteiger partial charge in [-0.05, 0) is 39.2 Å². The fourth-order valence-electron chi connectivity index (χ4n) is 2.35. The van der Waals surface area contributed by atoms with E-state index in [-0.39, 0.29) is 6.61 Å². The van der Waals surface area contributed by atoms with Gasteiger partial charge in [-0.25, -0.2) is 0 Å². The third-order valence-electron chi connectivity index (χ3n) is 3.42. The summed E-state index contributed by atoms with van der Waals surface area (Å²) in [7, 11) is 6.27. The van der Waals surface area contributed by atoms with E-state index >= 15 is 0 Å². The number of pyridine rings is 1. The molecule has 0 radical (unpaired) electrons. The molecule has 0 fully saturated rings. The van der Waals surface area contributed by atoms with Crippen LogP contribution in [-0.2, 0) is 6.61 Å². The van der Waals surface area contributed by atoms with Crippen LogP contribution in [0.25, 0.3) is 10.9 Å². The summed E-state index contributed by atoms with van der Waals surface area (Å²) in [5, 5.41) is 10.5. The third kappa shape index (κ3) is 3.46. The summed E-state index contributed by atoms with van der Waals surface area (Å²) in [6.45, 7) is 2.03. The standard InChI is InChI=1S/C16H23N3O/c1-18(2)9-6-10-19(3)16-11-13(12-20)17-15-8-5-4-7-14(15)16/h4-5,7-8,11,20H,6,9-10,12H2,1-3H3. The number of aliphatic hydroxyl groups is 1. The minimum Gasteiger partial charge on any atom is -0.390 e. The van der Waals surface area contributed by atoms with Crippen LogP contribution in [0, 0.1) is 0 Å². The Labute approximate surface area is 120 Å². The van der Waals surface area contributed by atoms with E-state index < -0.39 is 0 Å². The molecule has 0 atom stereocenters. The zero-order valence-electron chi connectivity index (χ0n) is 12.5. The molecule has 0 aliphatic rings. The first-order chi connectivity index (χ1) is 9.61. The van der Waals surface area contributed by atoms with Gasteiger partial charge in [0.15, 0.2) is 0 Å². The van der Waals surface area contributed by atoms with E-state index in [4.69, 9.17) is 0 Å². The number of anilines is 1.